The third-order valence-electron chi connectivity index (χ3n) is 11.5. The zero-order valence-corrected chi connectivity index (χ0v) is 36.3. The van der Waals surface area contributed by atoms with Gasteiger partial charge in [0.2, 0.25) is 23.4 Å². The summed E-state index contributed by atoms with van der Waals surface area (Å²) in [6, 6.07) is -1.19. The summed E-state index contributed by atoms with van der Waals surface area (Å²) in [5.74, 6) is -12.5. The smallest absolute Gasteiger partial charge is 0.333 e. The number of amides is 2. The number of carboxylic acid groups (broad SMARTS) is 1. The summed E-state index contributed by atoms with van der Waals surface area (Å²) >= 11 is 0. The van der Waals surface area contributed by atoms with E-state index in [1.54, 1.807) is 38.2 Å². The van der Waals surface area contributed by atoms with Crippen LogP contribution in [0.25, 0.3) is 0 Å². The van der Waals surface area contributed by atoms with Crippen LogP contribution in [-0.2, 0) is 52.6 Å². The van der Waals surface area contributed by atoms with Crippen LogP contribution < -0.4 is 16.1 Å². The maximum Gasteiger partial charge on any atom is 0.333 e. The first kappa shape index (κ1) is 49.1. The molecule has 20 nitrogen and oxygen atoms in total. The number of nitrogens with one attached hydrogen (secondary N) is 3. The molecule has 3 heterocycles. The molecule has 0 aromatic carbocycles. The van der Waals surface area contributed by atoms with E-state index in [9.17, 15) is 58.8 Å². The van der Waals surface area contributed by atoms with E-state index < -0.39 is 116 Å². The van der Waals surface area contributed by atoms with E-state index in [0.717, 1.165) is 7.11 Å². The SMILES string of the molecule is C/C=C/C=C/C(O)=C1/C(O)=C(C)C(=O)C2(C)OC(=O)C(C)(NC(=O)C3NN=CC3C(=O)OC)C12.C/C=C/C=C/C(O)=C1/C(O)=C(C)C(=O)[C@@]2(C)OC(=O)[C@@](C)(NC(=O)/C=C/C(=O)O)[C@@H]12. The molecule has 20 heteroatoms. The number of hydrazone groups is 1. The van der Waals surface area contributed by atoms with Crippen LogP contribution in [0.5, 0.6) is 0 Å². The number of aliphatic carboxylic acids is 1. The van der Waals surface area contributed by atoms with Crippen LogP contribution in [0.4, 0.5) is 0 Å². The second-order valence-corrected chi connectivity index (χ2v) is 15.8. The molecule has 2 fully saturated rings. The van der Waals surface area contributed by atoms with Gasteiger partial charge in [0.05, 0.1) is 18.9 Å². The van der Waals surface area contributed by atoms with Crippen LogP contribution in [0.15, 0.2) is 111 Å². The highest BCUT2D eigenvalue weighted by molar-refractivity contribution is 6.11. The van der Waals surface area contributed by atoms with Gasteiger partial charge in [-0.25, -0.2) is 14.4 Å². The molecular weight excluding hydrogens is 840 g/mol. The van der Waals surface area contributed by atoms with Crippen molar-refractivity contribution in [3.05, 3.63) is 106 Å². The van der Waals surface area contributed by atoms with Gasteiger partial charge in [-0.15, -0.1) is 0 Å². The lowest BCUT2D eigenvalue weighted by Crippen LogP contribution is -2.62. The largest absolute Gasteiger partial charge is 0.508 e. The molecule has 5 unspecified atom stereocenters. The second kappa shape index (κ2) is 18.5. The number of Topliss-reactive ketones (excluding diaryl/α,β-unsaturated/α-hetero) is 2. The number of ketones is 2. The number of aliphatic hydroxyl groups is 4. The van der Waals surface area contributed by atoms with Crippen molar-refractivity contribution in [2.45, 2.75) is 83.7 Å². The Hall–Kier alpha value is -7.51. The number of fused-ring (bicyclic) bond motifs is 2. The monoisotopic (exact) mass is 890 g/mol. The summed E-state index contributed by atoms with van der Waals surface area (Å²) < 4.78 is 15.5. The first-order chi connectivity index (χ1) is 29.8. The Morgan fingerprint density at radius 1 is 0.719 bits per heavy atom. The molecule has 64 heavy (non-hydrogen) atoms. The third kappa shape index (κ3) is 8.49. The molecule has 0 saturated carbocycles. The fraction of sp³-hybridized carbons (Fsp3) is 0.386. The number of ether oxygens (including phenoxy) is 3. The van der Waals surface area contributed by atoms with Crippen molar-refractivity contribution in [2.24, 2.45) is 22.9 Å². The Bertz CT molecular complexity index is 2400. The van der Waals surface area contributed by atoms with Crippen LogP contribution in [0.3, 0.4) is 0 Å². The van der Waals surface area contributed by atoms with Gasteiger partial charge in [-0.2, -0.15) is 5.10 Å². The number of rotatable bonds is 10. The van der Waals surface area contributed by atoms with Crippen molar-refractivity contribution < 1.29 is 78.1 Å². The van der Waals surface area contributed by atoms with Crippen molar-refractivity contribution in [2.75, 3.05) is 7.11 Å². The lowest BCUT2D eigenvalue weighted by atomic mass is 9.65. The number of methoxy groups -OCH3 is 1. The van der Waals surface area contributed by atoms with Crippen LogP contribution in [-0.4, -0.2) is 114 Å². The van der Waals surface area contributed by atoms with E-state index in [-0.39, 0.29) is 22.3 Å². The lowest BCUT2D eigenvalue weighted by molar-refractivity contribution is -0.157. The maximum atomic E-state index is 13.1. The summed E-state index contributed by atoms with van der Waals surface area (Å²) in [4.78, 5) is 99.9. The first-order valence-corrected chi connectivity index (χ1v) is 19.6. The summed E-state index contributed by atoms with van der Waals surface area (Å²) in [6.07, 6.45) is 14.7. The van der Waals surface area contributed by atoms with Gasteiger partial charge in [0.25, 0.3) is 0 Å². The number of carboxylic acids is 1. The summed E-state index contributed by atoms with van der Waals surface area (Å²) in [5, 5.41) is 60.3. The normalized spacial score (nSPS) is 32.7. The Labute approximate surface area is 366 Å². The van der Waals surface area contributed by atoms with Crippen molar-refractivity contribution >= 4 is 53.5 Å². The summed E-state index contributed by atoms with van der Waals surface area (Å²) in [6.45, 7) is 11.5. The van der Waals surface area contributed by atoms with Crippen LogP contribution in [0.1, 0.15) is 55.4 Å². The number of esters is 3. The Kier molecular flexibility index (Phi) is 14.2. The Balaban J connectivity index is 0.000000283. The van der Waals surface area contributed by atoms with Gasteiger partial charge < -0.3 is 50.4 Å². The van der Waals surface area contributed by atoms with Gasteiger partial charge in [-0.05, 0) is 67.5 Å². The topological polar surface area (TPSA) is 314 Å². The molecule has 8 N–H and O–H groups in total. The Morgan fingerprint density at radius 3 is 1.56 bits per heavy atom. The van der Waals surface area contributed by atoms with Gasteiger partial charge in [0, 0.05) is 40.7 Å². The van der Waals surface area contributed by atoms with Gasteiger partial charge in [-0.3, -0.25) is 29.4 Å². The number of hydrogen-bond acceptors (Lipinski definition) is 17. The van der Waals surface area contributed by atoms with E-state index in [2.05, 4.69) is 25.9 Å². The second-order valence-electron chi connectivity index (χ2n) is 15.8. The molecule has 5 rings (SSSR count). The van der Waals surface area contributed by atoms with Gasteiger partial charge in [0.15, 0.2) is 11.2 Å². The fourth-order valence-corrected chi connectivity index (χ4v) is 8.36. The Morgan fingerprint density at radius 2 is 1.16 bits per heavy atom. The molecule has 2 amide bonds. The van der Waals surface area contributed by atoms with E-state index in [0.29, 0.717) is 12.2 Å². The van der Waals surface area contributed by atoms with E-state index >= 15 is 0 Å². The summed E-state index contributed by atoms with van der Waals surface area (Å²) in [7, 11) is 1.16. The average molecular weight is 891 g/mol. The minimum Gasteiger partial charge on any atom is -0.508 e. The van der Waals surface area contributed by atoms with Gasteiger partial charge in [0.1, 0.15) is 46.1 Å². The maximum absolute atomic E-state index is 13.1. The molecule has 3 aliphatic heterocycles. The zero-order chi connectivity index (χ0) is 48.3. The number of aliphatic hydroxyl groups excluding tert-OH is 4. The summed E-state index contributed by atoms with van der Waals surface area (Å²) in [5.41, 5.74) is -5.36. The minimum atomic E-state index is -1.89. The molecule has 0 aromatic heterocycles. The molecule has 2 aliphatic carbocycles. The molecule has 8 atom stereocenters. The molecule has 5 aliphatic rings. The number of carbonyl (C=O) groups is 8. The number of nitrogens with zero attached hydrogens (tertiary/aromatic N) is 1. The third-order valence-corrected chi connectivity index (χ3v) is 11.5. The molecule has 0 aromatic rings. The number of carbonyl (C=O) groups excluding carboxylic acids is 7. The van der Waals surface area contributed by atoms with E-state index in [1.165, 1.54) is 72.1 Å². The predicted molar refractivity (Wildman–Crippen MR) is 225 cm³/mol. The van der Waals surface area contributed by atoms with Crippen molar-refractivity contribution in [1.82, 2.24) is 16.1 Å². The molecule has 2 saturated heterocycles. The highest BCUT2D eigenvalue weighted by Crippen LogP contribution is 2.53. The van der Waals surface area contributed by atoms with E-state index in [4.69, 9.17) is 14.6 Å². The van der Waals surface area contributed by atoms with Crippen LogP contribution in [0.2, 0.25) is 0 Å². The molecule has 0 radical (unpaired) electrons. The van der Waals surface area contributed by atoms with Crippen molar-refractivity contribution in [3.63, 3.8) is 0 Å². The molecule has 0 spiro atoms. The lowest BCUT2D eigenvalue weighted by Gasteiger charge is -2.39. The minimum absolute atomic E-state index is 0.0975. The van der Waals surface area contributed by atoms with Gasteiger partial charge in [-0.1, -0.05) is 36.5 Å². The highest BCUT2D eigenvalue weighted by Gasteiger charge is 2.70. The van der Waals surface area contributed by atoms with Crippen LogP contribution >= 0.6 is 0 Å². The zero-order valence-electron chi connectivity index (χ0n) is 36.3. The molecule has 342 valence electrons. The predicted octanol–water partition coefficient (Wildman–Crippen LogP) is 2.69. The van der Waals surface area contributed by atoms with Crippen LogP contribution in [0, 0.1) is 17.8 Å². The highest BCUT2D eigenvalue weighted by atomic mass is 16.6. The van der Waals surface area contributed by atoms with Crippen molar-refractivity contribution in [1.29, 1.82) is 0 Å². The molecular formula is C44H50N4O16. The average Bonchev–Trinajstić information content (AvgIpc) is 3.86. The standard InChI is InChI=1S/C23H27N3O8.C21H23NO8/c1-6-7-8-9-13(27)14-16(28)11(2)18(29)23(4)17(14)22(3,21(32)34-23)25-19(30)15-12(10-24-26-15)20(31)33-5;1-5-6-7-8-12(23)15-16(27)11(2)18(28)21(4)17(15)20(3,19(29)30-21)22-13(24)9-10-14(25)26/h6-10,12,15,17,26-28H,1-5H3,(H,25,30);5-10,17,23,27H,1-4H3,(H,22,24)(H,25,26)/b7-6+,9-8+,14-13+;6-5+,8-7+,10-9+,15-12+/t;17-,20+,21+/m.1/s1. The van der Waals surface area contributed by atoms with Gasteiger partial charge >= 0.3 is 23.9 Å². The van der Waals surface area contributed by atoms with E-state index in [1.807, 2.05) is 0 Å². The first-order valence-electron chi connectivity index (χ1n) is 19.6. The number of hydrogen-bond donors (Lipinski definition) is 8. The van der Waals surface area contributed by atoms with Crippen molar-refractivity contribution in [3.8, 4) is 0 Å². The quantitative estimate of drug-likeness (QED) is 0.0514. The fourth-order valence-electron chi connectivity index (χ4n) is 8.36. The number of allylic oxidation sites excluding steroid dienone is 10. The molecule has 0 bridgehead atoms.